The van der Waals surface area contributed by atoms with Crippen molar-refractivity contribution in [2.75, 3.05) is 5.32 Å². The predicted octanol–water partition coefficient (Wildman–Crippen LogP) is 6.73. The number of hydrogen-bond donors (Lipinski definition) is 1. The molecular formula is C21H10Cl2F3N3O4. The summed E-state index contributed by atoms with van der Waals surface area (Å²) in [5.41, 5.74) is -3.10. The van der Waals surface area contributed by atoms with Crippen LogP contribution in [0.4, 0.5) is 24.5 Å². The van der Waals surface area contributed by atoms with Crippen LogP contribution in [0.15, 0.2) is 58.5 Å². The SMILES string of the molecule is N#CC(=Cc1ccc(-c2cccc(Cl)c2Cl)o1)C(=O)Nc1ccc([N+](=O)[O-])cc1C(F)(F)F. The Morgan fingerprint density at radius 3 is 2.55 bits per heavy atom. The number of nitro benzene ring substituents is 1. The Hall–Kier alpha value is -3.81. The van der Waals surface area contributed by atoms with Gasteiger partial charge in [-0.3, -0.25) is 14.9 Å². The van der Waals surface area contributed by atoms with Crippen LogP contribution < -0.4 is 5.32 Å². The number of nitrogens with one attached hydrogen (secondary N) is 1. The first kappa shape index (κ1) is 23.8. The minimum absolute atomic E-state index is 0.0486. The molecule has 0 spiro atoms. The number of nitrogens with zero attached hydrogens (tertiary/aromatic N) is 2. The van der Waals surface area contributed by atoms with Crippen molar-refractivity contribution in [3.05, 3.63) is 85.6 Å². The third-order valence-corrected chi connectivity index (χ3v) is 5.08. The molecule has 2 aromatic carbocycles. The summed E-state index contributed by atoms with van der Waals surface area (Å²) in [6, 6.07) is 11.2. The van der Waals surface area contributed by atoms with Gasteiger partial charge in [0.2, 0.25) is 0 Å². The first-order valence-corrected chi connectivity index (χ1v) is 9.60. The van der Waals surface area contributed by atoms with Crippen LogP contribution in [0, 0.1) is 21.4 Å². The fraction of sp³-hybridized carbons (Fsp3) is 0.0476. The van der Waals surface area contributed by atoms with E-state index in [2.05, 4.69) is 0 Å². The van der Waals surface area contributed by atoms with E-state index in [0.717, 1.165) is 18.2 Å². The monoisotopic (exact) mass is 495 g/mol. The number of nitro groups is 1. The molecule has 3 rings (SSSR count). The number of nitriles is 1. The number of furan rings is 1. The molecule has 0 aliphatic carbocycles. The summed E-state index contributed by atoms with van der Waals surface area (Å²) in [6.07, 6.45) is -3.97. The predicted molar refractivity (Wildman–Crippen MR) is 114 cm³/mol. The molecule has 1 N–H and O–H groups in total. The summed E-state index contributed by atoms with van der Waals surface area (Å²) in [4.78, 5) is 22.2. The third kappa shape index (κ3) is 5.34. The summed E-state index contributed by atoms with van der Waals surface area (Å²) >= 11 is 12.1. The number of alkyl halides is 3. The van der Waals surface area contributed by atoms with E-state index in [-0.39, 0.29) is 21.6 Å². The van der Waals surface area contributed by atoms with Gasteiger partial charge in [-0.15, -0.1) is 0 Å². The number of halogens is 5. The summed E-state index contributed by atoms with van der Waals surface area (Å²) in [6.45, 7) is 0. The van der Waals surface area contributed by atoms with Gasteiger partial charge in [-0.05, 0) is 30.3 Å². The van der Waals surface area contributed by atoms with Crippen LogP contribution in [0.2, 0.25) is 10.0 Å². The lowest BCUT2D eigenvalue weighted by Crippen LogP contribution is -2.18. The molecule has 0 saturated heterocycles. The van der Waals surface area contributed by atoms with Gasteiger partial charge in [0.1, 0.15) is 23.2 Å². The highest BCUT2D eigenvalue weighted by atomic mass is 35.5. The number of non-ortho nitro benzene ring substituents is 1. The minimum Gasteiger partial charge on any atom is -0.457 e. The first-order valence-electron chi connectivity index (χ1n) is 8.84. The average molecular weight is 496 g/mol. The molecule has 0 fully saturated rings. The van der Waals surface area contributed by atoms with Crippen LogP contribution >= 0.6 is 23.2 Å². The normalized spacial score (nSPS) is 11.7. The number of benzene rings is 2. The maximum Gasteiger partial charge on any atom is 0.418 e. The number of anilines is 1. The van der Waals surface area contributed by atoms with Gasteiger partial charge in [0.05, 0.1) is 26.2 Å². The van der Waals surface area contributed by atoms with E-state index in [4.69, 9.17) is 27.6 Å². The van der Waals surface area contributed by atoms with Crippen molar-refractivity contribution < 1.29 is 27.3 Å². The van der Waals surface area contributed by atoms with Crippen LogP contribution in [0.5, 0.6) is 0 Å². The van der Waals surface area contributed by atoms with E-state index in [1.165, 1.54) is 12.1 Å². The zero-order valence-electron chi connectivity index (χ0n) is 16.1. The van der Waals surface area contributed by atoms with Gasteiger partial charge < -0.3 is 9.73 Å². The van der Waals surface area contributed by atoms with Gasteiger partial charge >= 0.3 is 6.18 Å². The van der Waals surface area contributed by atoms with Crippen molar-refractivity contribution in [2.45, 2.75) is 6.18 Å². The summed E-state index contributed by atoms with van der Waals surface area (Å²) in [5.74, 6) is -0.843. The number of amides is 1. The minimum atomic E-state index is -4.99. The number of carbonyl (C=O) groups is 1. The smallest absolute Gasteiger partial charge is 0.418 e. The van der Waals surface area contributed by atoms with E-state index in [9.17, 15) is 33.3 Å². The zero-order valence-corrected chi connectivity index (χ0v) is 17.6. The topological polar surface area (TPSA) is 109 Å². The third-order valence-electron chi connectivity index (χ3n) is 4.26. The second-order valence-corrected chi connectivity index (χ2v) is 7.20. The molecule has 0 atom stereocenters. The van der Waals surface area contributed by atoms with Gasteiger partial charge in [0, 0.05) is 23.8 Å². The summed E-state index contributed by atoms with van der Waals surface area (Å²) in [5, 5.41) is 22.6. The standard InChI is InChI=1S/C21H10Cl2F3N3O4/c22-16-3-1-2-14(19(16)23)18-7-5-13(33-18)8-11(10-27)20(30)28-17-6-4-12(29(31)32)9-15(17)21(24,25)26/h1-9H,(H,28,30). The van der Waals surface area contributed by atoms with Crippen molar-refractivity contribution in [3.8, 4) is 17.4 Å². The van der Waals surface area contributed by atoms with Crippen molar-refractivity contribution >= 4 is 46.6 Å². The molecule has 0 radical (unpaired) electrons. The lowest BCUT2D eigenvalue weighted by atomic mass is 10.1. The fourth-order valence-electron chi connectivity index (χ4n) is 2.74. The Morgan fingerprint density at radius 2 is 1.91 bits per heavy atom. The van der Waals surface area contributed by atoms with E-state index < -0.39 is 39.5 Å². The lowest BCUT2D eigenvalue weighted by molar-refractivity contribution is -0.385. The van der Waals surface area contributed by atoms with Gasteiger partial charge in [0.15, 0.2) is 0 Å². The molecule has 0 aliphatic rings. The van der Waals surface area contributed by atoms with E-state index >= 15 is 0 Å². The van der Waals surface area contributed by atoms with E-state index in [1.807, 2.05) is 5.32 Å². The zero-order chi connectivity index (χ0) is 24.3. The largest absolute Gasteiger partial charge is 0.457 e. The van der Waals surface area contributed by atoms with Crippen molar-refractivity contribution in [1.29, 1.82) is 5.26 Å². The molecule has 1 amide bonds. The Labute approximate surface area is 193 Å². The highest BCUT2D eigenvalue weighted by Crippen LogP contribution is 2.37. The Kier molecular flexibility index (Phi) is 6.76. The molecule has 0 saturated carbocycles. The van der Waals surface area contributed by atoms with Crippen LogP contribution in [0.3, 0.4) is 0 Å². The van der Waals surface area contributed by atoms with Crippen LogP contribution in [-0.2, 0) is 11.0 Å². The van der Waals surface area contributed by atoms with Crippen LogP contribution in [0.1, 0.15) is 11.3 Å². The van der Waals surface area contributed by atoms with Crippen molar-refractivity contribution in [3.63, 3.8) is 0 Å². The Balaban J connectivity index is 1.90. The first-order chi connectivity index (χ1) is 15.5. The van der Waals surface area contributed by atoms with E-state index in [1.54, 1.807) is 24.3 Å². The second-order valence-electron chi connectivity index (χ2n) is 6.41. The highest BCUT2D eigenvalue weighted by molar-refractivity contribution is 6.43. The molecule has 7 nitrogen and oxygen atoms in total. The van der Waals surface area contributed by atoms with Gasteiger partial charge in [-0.25, -0.2) is 0 Å². The van der Waals surface area contributed by atoms with Crippen molar-refractivity contribution in [1.82, 2.24) is 0 Å². The molecule has 3 aromatic rings. The lowest BCUT2D eigenvalue weighted by Gasteiger charge is -2.13. The maximum absolute atomic E-state index is 13.3. The van der Waals surface area contributed by atoms with E-state index in [0.29, 0.717) is 11.6 Å². The Bertz CT molecular complexity index is 1330. The molecule has 0 aliphatic heterocycles. The molecule has 12 heteroatoms. The molecule has 0 bridgehead atoms. The van der Waals surface area contributed by atoms with Gasteiger partial charge in [-0.2, -0.15) is 18.4 Å². The van der Waals surface area contributed by atoms with Crippen molar-refractivity contribution in [2.24, 2.45) is 0 Å². The maximum atomic E-state index is 13.3. The quantitative estimate of drug-likeness (QED) is 0.182. The molecular weight excluding hydrogens is 486 g/mol. The number of carbonyl (C=O) groups excluding carboxylic acids is 1. The highest BCUT2D eigenvalue weighted by Gasteiger charge is 2.36. The fourth-order valence-corrected chi connectivity index (χ4v) is 3.13. The Morgan fingerprint density at radius 1 is 1.18 bits per heavy atom. The van der Waals surface area contributed by atoms with Gasteiger partial charge in [0.25, 0.3) is 11.6 Å². The van der Waals surface area contributed by atoms with Crippen LogP contribution in [0.25, 0.3) is 17.4 Å². The second kappa shape index (κ2) is 9.36. The molecule has 1 heterocycles. The molecule has 168 valence electrons. The molecule has 0 unspecified atom stereocenters. The number of rotatable bonds is 5. The molecule has 33 heavy (non-hydrogen) atoms. The summed E-state index contributed by atoms with van der Waals surface area (Å²) < 4.78 is 45.5. The van der Waals surface area contributed by atoms with Gasteiger partial charge in [-0.1, -0.05) is 29.3 Å². The molecule has 1 aromatic heterocycles. The average Bonchev–Trinajstić information content (AvgIpc) is 3.21. The number of hydrogen-bond acceptors (Lipinski definition) is 5. The summed E-state index contributed by atoms with van der Waals surface area (Å²) in [7, 11) is 0. The van der Waals surface area contributed by atoms with Crippen LogP contribution in [-0.4, -0.2) is 10.8 Å².